The van der Waals surface area contributed by atoms with Crippen molar-refractivity contribution >= 4 is 27.3 Å². The molecule has 1 aromatic carbocycles. The van der Waals surface area contributed by atoms with Crippen molar-refractivity contribution in [1.82, 2.24) is 9.78 Å². The van der Waals surface area contributed by atoms with Crippen LogP contribution in [0.3, 0.4) is 0 Å². The fourth-order valence-corrected chi connectivity index (χ4v) is 3.16. The molecule has 0 atom stereocenters. The molecule has 4 nitrogen and oxygen atoms in total. The number of benzene rings is 1. The van der Waals surface area contributed by atoms with Crippen molar-refractivity contribution in [3.05, 3.63) is 39.6 Å². The van der Waals surface area contributed by atoms with E-state index in [0.717, 1.165) is 28.8 Å². The highest BCUT2D eigenvalue weighted by molar-refractivity contribution is 9.10. The lowest BCUT2D eigenvalue weighted by Crippen LogP contribution is -2.11. The number of rotatable bonds is 5. The minimum Gasteiger partial charge on any atom is -0.379 e. The largest absolute Gasteiger partial charge is 0.379 e. The van der Waals surface area contributed by atoms with Crippen molar-refractivity contribution in [2.45, 2.75) is 26.8 Å². The minimum atomic E-state index is 0.750. The summed E-state index contributed by atoms with van der Waals surface area (Å²) in [5.41, 5.74) is 5.90. The topological polar surface area (TPSA) is 33.1 Å². The standard InChI is InChI=1S/C16H23BrN4/c1-6-13-16(17)15(21(5)19-13)10-18-12-8-7-11(2)14(9-12)20(3)4/h7-9,18H,6,10H2,1-5H3. The van der Waals surface area contributed by atoms with Crippen LogP contribution in [-0.4, -0.2) is 23.9 Å². The second kappa shape index (κ2) is 6.52. The van der Waals surface area contributed by atoms with Crippen LogP contribution in [0.4, 0.5) is 11.4 Å². The lowest BCUT2D eigenvalue weighted by Gasteiger charge is -2.17. The predicted molar refractivity (Wildman–Crippen MR) is 93.1 cm³/mol. The van der Waals surface area contributed by atoms with E-state index in [1.807, 2.05) is 11.7 Å². The van der Waals surface area contributed by atoms with E-state index in [2.05, 4.69) is 77.4 Å². The number of aryl methyl sites for hydroxylation is 3. The van der Waals surface area contributed by atoms with Crippen LogP contribution in [0.2, 0.25) is 0 Å². The molecule has 0 fully saturated rings. The van der Waals surface area contributed by atoms with Gasteiger partial charge in [0.1, 0.15) is 0 Å². The molecule has 2 rings (SSSR count). The van der Waals surface area contributed by atoms with Crippen LogP contribution < -0.4 is 10.2 Å². The SMILES string of the molecule is CCc1nn(C)c(CNc2ccc(C)c(N(C)C)c2)c1Br. The molecule has 1 aromatic heterocycles. The second-order valence-electron chi connectivity index (χ2n) is 5.43. The van der Waals surface area contributed by atoms with Gasteiger partial charge in [0.15, 0.2) is 0 Å². The first-order chi connectivity index (χ1) is 9.93. The fourth-order valence-electron chi connectivity index (χ4n) is 2.40. The first kappa shape index (κ1) is 15.9. The molecular formula is C16H23BrN4. The number of nitrogens with one attached hydrogen (secondary N) is 1. The molecular weight excluding hydrogens is 328 g/mol. The maximum atomic E-state index is 4.52. The quantitative estimate of drug-likeness (QED) is 0.891. The predicted octanol–water partition coefficient (Wildman–Crippen LogP) is 3.73. The average Bonchev–Trinajstić information content (AvgIpc) is 2.72. The lowest BCUT2D eigenvalue weighted by atomic mass is 10.1. The lowest BCUT2D eigenvalue weighted by molar-refractivity contribution is 0.706. The van der Waals surface area contributed by atoms with Crippen molar-refractivity contribution in [2.75, 3.05) is 24.3 Å². The summed E-state index contributed by atoms with van der Waals surface area (Å²) in [6.45, 7) is 5.00. The van der Waals surface area contributed by atoms with Crippen molar-refractivity contribution in [3.63, 3.8) is 0 Å². The Balaban J connectivity index is 2.17. The van der Waals surface area contributed by atoms with Gasteiger partial charge in [-0.1, -0.05) is 13.0 Å². The fraction of sp³-hybridized carbons (Fsp3) is 0.438. The summed E-state index contributed by atoms with van der Waals surface area (Å²) in [4.78, 5) is 2.13. The van der Waals surface area contributed by atoms with Crippen LogP contribution in [0, 0.1) is 6.92 Å². The summed E-state index contributed by atoms with van der Waals surface area (Å²) >= 11 is 3.65. The van der Waals surface area contributed by atoms with Crippen molar-refractivity contribution < 1.29 is 0 Å². The van der Waals surface area contributed by atoms with Gasteiger partial charge in [0.2, 0.25) is 0 Å². The maximum absolute atomic E-state index is 4.52. The molecule has 0 bridgehead atoms. The van der Waals surface area contributed by atoms with Crippen LogP contribution in [0.25, 0.3) is 0 Å². The summed E-state index contributed by atoms with van der Waals surface area (Å²) in [6.07, 6.45) is 0.934. The van der Waals surface area contributed by atoms with Crippen molar-refractivity contribution in [3.8, 4) is 0 Å². The van der Waals surface area contributed by atoms with Gasteiger partial charge in [0.05, 0.1) is 22.4 Å². The third-order valence-corrected chi connectivity index (χ3v) is 4.57. The van der Waals surface area contributed by atoms with E-state index >= 15 is 0 Å². The Bertz CT molecular complexity index is 631. The molecule has 1 heterocycles. The molecule has 0 amide bonds. The Kier molecular flexibility index (Phi) is 4.93. The van der Waals surface area contributed by atoms with E-state index in [1.54, 1.807) is 0 Å². The average molecular weight is 351 g/mol. The maximum Gasteiger partial charge on any atom is 0.0767 e. The highest BCUT2D eigenvalue weighted by Crippen LogP contribution is 2.25. The highest BCUT2D eigenvalue weighted by atomic mass is 79.9. The number of nitrogens with zero attached hydrogens (tertiary/aromatic N) is 3. The highest BCUT2D eigenvalue weighted by Gasteiger charge is 2.12. The van der Waals surface area contributed by atoms with Crippen LogP contribution >= 0.6 is 15.9 Å². The van der Waals surface area contributed by atoms with Gasteiger partial charge in [-0.25, -0.2) is 0 Å². The van der Waals surface area contributed by atoms with Gasteiger partial charge in [-0.15, -0.1) is 0 Å². The zero-order chi connectivity index (χ0) is 15.6. The Morgan fingerprint density at radius 1 is 1.33 bits per heavy atom. The summed E-state index contributed by atoms with van der Waals surface area (Å²) < 4.78 is 3.05. The molecule has 1 N–H and O–H groups in total. The molecule has 21 heavy (non-hydrogen) atoms. The summed E-state index contributed by atoms with van der Waals surface area (Å²) in [5, 5.41) is 8.01. The smallest absolute Gasteiger partial charge is 0.0767 e. The van der Waals surface area contributed by atoms with Gasteiger partial charge < -0.3 is 10.2 Å². The van der Waals surface area contributed by atoms with E-state index in [9.17, 15) is 0 Å². The van der Waals surface area contributed by atoms with Gasteiger partial charge in [-0.05, 0) is 47.0 Å². The van der Waals surface area contributed by atoms with E-state index in [4.69, 9.17) is 0 Å². The third kappa shape index (κ3) is 3.40. The second-order valence-corrected chi connectivity index (χ2v) is 6.23. The third-order valence-electron chi connectivity index (χ3n) is 3.65. The Hall–Kier alpha value is -1.49. The van der Waals surface area contributed by atoms with Crippen LogP contribution in [-0.2, 0) is 20.0 Å². The Morgan fingerprint density at radius 2 is 2.05 bits per heavy atom. The number of aromatic nitrogens is 2. The molecule has 0 unspecified atom stereocenters. The first-order valence-corrected chi connectivity index (χ1v) is 7.95. The molecule has 0 aliphatic rings. The molecule has 2 aromatic rings. The van der Waals surface area contributed by atoms with E-state index in [-0.39, 0.29) is 0 Å². The summed E-state index contributed by atoms with van der Waals surface area (Å²) in [6, 6.07) is 6.45. The van der Waals surface area contributed by atoms with Crippen molar-refractivity contribution in [2.24, 2.45) is 7.05 Å². The van der Waals surface area contributed by atoms with Gasteiger partial charge in [-0.3, -0.25) is 4.68 Å². The molecule has 114 valence electrons. The number of anilines is 2. The van der Waals surface area contributed by atoms with Crippen molar-refractivity contribution in [1.29, 1.82) is 0 Å². The van der Waals surface area contributed by atoms with E-state index < -0.39 is 0 Å². The van der Waals surface area contributed by atoms with Gasteiger partial charge in [0.25, 0.3) is 0 Å². The van der Waals surface area contributed by atoms with E-state index in [0.29, 0.717) is 0 Å². The monoisotopic (exact) mass is 350 g/mol. The van der Waals surface area contributed by atoms with E-state index in [1.165, 1.54) is 16.9 Å². The molecule has 0 spiro atoms. The van der Waals surface area contributed by atoms with Crippen LogP contribution in [0.5, 0.6) is 0 Å². The number of hydrogen-bond acceptors (Lipinski definition) is 3. The zero-order valence-electron chi connectivity index (χ0n) is 13.4. The number of halogens is 1. The molecule has 0 saturated carbocycles. The molecule has 0 saturated heterocycles. The van der Waals surface area contributed by atoms with Gasteiger partial charge in [-0.2, -0.15) is 5.10 Å². The normalized spacial score (nSPS) is 10.8. The molecule has 5 heteroatoms. The Morgan fingerprint density at radius 3 is 2.62 bits per heavy atom. The van der Waals surface area contributed by atoms with Gasteiger partial charge in [0, 0.05) is 32.5 Å². The summed E-state index contributed by atoms with van der Waals surface area (Å²) in [7, 11) is 6.12. The van der Waals surface area contributed by atoms with Crippen LogP contribution in [0.15, 0.2) is 22.7 Å². The molecule has 0 aliphatic carbocycles. The first-order valence-electron chi connectivity index (χ1n) is 7.16. The van der Waals surface area contributed by atoms with Gasteiger partial charge >= 0.3 is 0 Å². The zero-order valence-corrected chi connectivity index (χ0v) is 15.0. The summed E-state index contributed by atoms with van der Waals surface area (Å²) in [5.74, 6) is 0. The molecule has 0 aliphatic heterocycles. The molecule has 0 radical (unpaired) electrons. The Labute approximate surface area is 135 Å². The van der Waals surface area contributed by atoms with Crippen LogP contribution in [0.1, 0.15) is 23.9 Å². The minimum absolute atomic E-state index is 0.750. The number of hydrogen-bond donors (Lipinski definition) is 1.